The lowest BCUT2D eigenvalue weighted by Gasteiger charge is -2.31. The highest BCUT2D eigenvalue weighted by atomic mass is 28.4. The molecule has 0 saturated heterocycles. The third kappa shape index (κ3) is 7.19. The minimum atomic E-state index is -1.83. The first-order chi connectivity index (χ1) is 8.64. The van der Waals surface area contributed by atoms with Gasteiger partial charge in [-0.05, 0) is 25.1 Å². The van der Waals surface area contributed by atoms with E-state index in [1.165, 1.54) is 38.5 Å². The molecule has 107 valence electrons. The quantitative estimate of drug-likeness (QED) is 0.489. The second-order valence-electron chi connectivity index (χ2n) is 5.22. The third-order valence-electron chi connectivity index (χ3n) is 3.49. The van der Waals surface area contributed by atoms with Crippen molar-refractivity contribution in [1.29, 1.82) is 0 Å². The maximum atomic E-state index is 11.7. The molecule has 0 heterocycles. The van der Waals surface area contributed by atoms with Crippen LogP contribution in [0.5, 0.6) is 0 Å². The van der Waals surface area contributed by atoms with E-state index < -0.39 is 8.32 Å². The summed E-state index contributed by atoms with van der Waals surface area (Å²) < 4.78 is 5.93. The minimum Gasteiger partial charge on any atom is -0.519 e. The molecule has 0 aliphatic rings. The number of carbonyl (C=O) groups excluding carboxylic acids is 1. The highest BCUT2D eigenvalue weighted by Gasteiger charge is 2.36. The van der Waals surface area contributed by atoms with Crippen molar-refractivity contribution >= 4 is 14.3 Å². The second kappa shape index (κ2) is 10.6. The van der Waals surface area contributed by atoms with Gasteiger partial charge in [-0.25, -0.2) is 0 Å². The molecule has 0 aromatic rings. The lowest BCUT2D eigenvalue weighted by Crippen LogP contribution is -2.40. The normalized spacial score (nSPS) is 11.6. The molecule has 0 atom stereocenters. The molecule has 1 radical (unpaired) electrons. The van der Waals surface area contributed by atoms with Gasteiger partial charge in [-0.2, -0.15) is 0 Å². The van der Waals surface area contributed by atoms with Gasteiger partial charge in [0.25, 0.3) is 14.3 Å². The molecule has 0 fully saturated rings. The second-order valence-corrected chi connectivity index (χ2v) is 9.29. The van der Waals surface area contributed by atoms with E-state index in [2.05, 4.69) is 27.7 Å². The Kier molecular flexibility index (Phi) is 10.4. The molecule has 0 aromatic heterocycles. The standard InChI is InChI=1S/C15H31O2Si/c1-5-9-12-18(13-10-6-2,14-11-7-3)17-15(16)8-4/h4-14H2,1-3H3. The molecule has 0 rings (SSSR count). The van der Waals surface area contributed by atoms with Gasteiger partial charge in [-0.1, -0.05) is 59.3 Å². The first-order valence-electron chi connectivity index (χ1n) is 7.65. The molecule has 0 aliphatic heterocycles. The fourth-order valence-corrected chi connectivity index (χ4v) is 6.95. The number of rotatable bonds is 11. The van der Waals surface area contributed by atoms with Gasteiger partial charge in [-0.15, -0.1) is 0 Å². The molecule has 2 nitrogen and oxygen atoms in total. The van der Waals surface area contributed by atoms with Crippen molar-refractivity contribution in [2.75, 3.05) is 0 Å². The van der Waals surface area contributed by atoms with E-state index in [1.54, 1.807) is 0 Å². The van der Waals surface area contributed by atoms with Gasteiger partial charge in [0.2, 0.25) is 0 Å². The summed E-state index contributed by atoms with van der Waals surface area (Å²) in [5.41, 5.74) is 0. The van der Waals surface area contributed by atoms with Gasteiger partial charge < -0.3 is 4.43 Å². The van der Waals surface area contributed by atoms with Gasteiger partial charge >= 0.3 is 0 Å². The van der Waals surface area contributed by atoms with Crippen molar-refractivity contribution in [2.45, 2.75) is 83.8 Å². The zero-order valence-corrected chi connectivity index (χ0v) is 13.6. The van der Waals surface area contributed by atoms with Crippen LogP contribution in [0.4, 0.5) is 0 Å². The summed E-state index contributed by atoms with van der Waals surface area (Å²) in [6.45, 7) is 10.3. The maximum Gasteiger partial charge on any atom is 0.292 e. The Hall–Kier alpha value is -0.313. The Labute approximate surface area is 115 Å². The summed E-state index contributed by atoms with van der Waals surface area (Å²) in [5, 5.41) is 0. The zero-order chi connectivity index (χ0) is 13.9. The average Bonchev–Trinajstić information content (AvgIpc) is 2.40. The lowest BCUT2D eigenvalue weighted by molar-refractivity contribution is -0.134. The summed E-state index contributed by atoms with van der Waals surface area (Å²) in [5.74, 6) is -0.0787. The molecule has 0 N–H and O–H groups in total. The summed E-state index contributed by atoms with van der Waals surface area (Å²) in [7, 11) is -1.83. The summed E-state index contributed by atoms with van der Waals surface area (Å²) >= 11 is 0. The van der Waals surface area contributed by atoms with Crippen LogP contribution in [0.15, 0.2) is 0 Å². The highest BCUT2D eigenvalue weighted by molar-refractivity contribution is 6.75. The minimum absolute atomic E-state index is 0.0787. The van der Waals surface area contributed by atoms with E-state index in [9.17, 15) is 4.79 Å². The van der Waals surface area contributed by atoms with Gasteiger partial charge in [0.05, 0.1) is 0 Å². The van der Waals surface area contributed by atoms with E-state index in [0.29, 0.717) is 0 Å². The monoisotopic (exact) mass is 271 g/mol. The van der Waals surface area contributed by atoms with Crippen LogP contribution in [0, 0.1) is 6.92 Å². The van der Waals surface area contributed by atoms with Crippen molar-refractivity contribution in [2.24, 2.45) is 0 Å². The smallest absolute Gasteiger partial charge is 0.292 e. The van der Waals surface area contributed by atoms with Crippen LogP contribution in [0.1, 0.15) is 65.7 Å². The first kappa shape index (κ1) is 17.7. The number of hydrogen-bond acceptors (Lipinski definition) is 2. The summed E-state index contributed by atoms with van der Waals surface area (Å²) in [6, 6.07) is 3.44. The highest BCUT2D eigenvalue weighted by Crippen LogP contribution is 2.30. The summed E-state index contributed by atoms with van der Waals surface area (Å²) in [4.78, 5) is 11.7. The van der Waals surface area contributed by atoms with E-state index in [4.69, 9.17) is 4.43 Å². The number of hydrogen-bond donors (Lipinski definition) is 0. The Morgan fingerprint density at radius 1 is 0.944 bits per heavy atom. The Morgan fingerprint density at radius 3 is 1.61 bits per heavy atom. The molecule has 0 unspecified atom stereocenters. The number of unbranched alkanes of at least 4 members (excludes halogenated alkanes) is 3. The molecule has 0 spiro atoms. The van der Waals surface area contributed by atoms with Crippen molar-refractivity contribution < 1.29 is 9.22 Å². The molecule has 0 amide bonds. The fraction of sp³-hybridized carbons (Fsp3) is 0.867. The van der Waals surface area contributed by atoms with Crippen LogP contribution < -0.4 is 0 Å². The van der Waals surface area contributed by atoms with Crippen LogP contribution in [0.2, 0.25) is 18.1 Å². The summed E-state index contributed by atoms with van der Waals surface area (Å²) in [6.07, 6.45) is 7.44. The largest absolute Gasteiger partial charge is 0.519 e. The molecule has 0 saturated carbocycles. The van der Waals surface area contributed by atoms with Crippen LogP contribution in [-0.4, -0.2) is 14.3 Å². The van der Waals surface area contributed by atoms with E-state index >= 15 is 0 Å². The third-order valence-corrected chi connectivity index (χ3v) is 7.95. The van der Waals surface area contributed by atoms with Crippen LogP contribution in [0.3, 0.4) is 0 Å². The molecule has 18 heavy (non-hydrogen) atoms. The predicted molar refractivity (Wildman–Crippen MR) is 81.0 cm³/mol. The van der Waals surface area contributed by atoms with Crippen LogP contribution in [0.25, 0.3) is 0 Å². The van der Waals surface area contributed by atoms with Crippen LogP contribution >= 0.6 is 0 Å². The Morgan fingerprint density at radius 2 is 1.33 bits per heavy atom. The van der Waals surface area contributed by atoms with E-state index in [1.807, 2.05) is 0 Å². The van der Waals surface area contributed by atoms with Gasteiger partial charge in [-0.3, -0.25) is 4.79 Å². The molecular weight excluding hydrogens is 240 g/mol. The first-order valence-corrected chi connectivity index (χ1v) is 10.2. The molecule has 0 bridgehead atoms. The van der Waals surface area contributed by atoms with Crippen molar-refractivity contribution in [3.8, 4) is 0 Å². The van der Waals surface area contributed by atoms with Crippen molar-refractivity contribution in [1.82, 2.24) is 0 Å². The predicted octanol–water partition coefficient (Wildman–Crippen LogP) is 5.10. The molecule has 3 heteroatoms. The Balaban J connectivity index is 4.66. The SMILES string of the molecule is [CH2]CC(=O)O[Si](CCCC)(CCCC)CCCC. The van der Waals surface area contributed by atoms with Gasteiger partial charge in [0, 0.05) is 6.42 Å². The molecule has 0 aromatic carbocycles. The topological polar surface area (TPSA) is 26.3 Å². The van der Waals surface area contributed by atoms with E-state index in [0.717, 1.165) is 18.1 Å². The van der Waals surface area contributed by atoms with E-state index in [-0.39, 0.29) is 12.4 Å². The van der Waals surface area contributed by atoms with Crippen molar-refractivity contribution in [3.05, 3.63) is 6.92 Å². The number of carbonyl (C=O) groups is 1. The zero-order valence-electron chi connectivity index (χ0n) is 12.6. The van der Waals surface area contributed by atoms with Gasteiger partial charge in [0.1, 0.15) is 0 Å². The lowest BCUT2D eigenvalue weighted by atomic mass is 10.4. The molecular formula is C15H31O2Si. The van der Waals surface area contributed by atoms with Crippen LogP contribution in [-0.2, 0) is 9.22 Å². The fourth-order valence-electron chi connectivity index (χ4n) is 2.32. The Bertz CT molecular complexity index is 195. The average molecular weight is 271 g/mol. The maximum absolute atomic E-state index is 11.7. The van der Waals surface area contributed by atoms with Gasteiger partial charge in [0.15, 0.2) is 0 Å². The van der Waals surface area contributed by atoms with Crippen molar-refractivity contribution in [3.63, 3.8) is 0 Å². The molecule has 0 aliphatic carbocycles.